The number of hydrogen-bond acceptors (Lipinski definition) is 7. The quantitative estimate of drug-likeness (QED) is 0.524. The fraction of sp³-hybridized carbons (Fsp3) is 0.304. The molecule has 2 aliphatic rings. The zero-order chi connectivity index (χ0) is 21.4. The molecule has 3 heterocycles. The van der Waals surface area contributed by atoms with Crippen molar-refractivity contribution in [1.82, 2.24) is 20.4 Å². The van der Waals surface area contributed by atoms with Crippen LogP contribution >= 0.6 is 0 Å². The van der Waals surface area contributed by atoms with Crippen molar-refractivity contribution in [3.05, 3.63) is 66.0 Å². The summed E-state index contributed by atoms with van der Waals surface area (Å²) in [5.41, 5.74) is 11.0. The minimum absolute atomic E-state index is 0.618. The van der Waals surface area contributed by atoms with E-state index in [2.05, 4.69) is 73.0 Å². The molecule has 1 unspecified atom stereocenters. The van der Waals surface area contributed by atoms with Gasteiger partial charge in [0.2, 0.25) is 5.96 Å². The van der Waals surface area contributed by atoms with E-state index in [0.29, 0.717) is 5.96 Å². The number of rotatable bonds is 3. The van der Waals surface area contributed by atoms with Gasteiger partial charge in [-0.2, -0.15) is 5.10 Å². The second-order valence-corrected chi connectivity index (χ2v) is 8.36. The highest BCUT2D eigenvalue weighted by molar-refractivity contribution is 5.96. The van der Waals surface area contributed by atoms with Crippen LogP contribution in [0, 0.1) is 0 Å². The summed E-state index contributed by atoms with van der Waals surface area (Å²) in [6, 6.07) is 14.5. The largest absolute Gasteiger partial charge is 0.369 e. The summed E-state index contributed by atoms with van der Waals surface area (Å²) >= 11 is 0. The van der Waals surface area contributed by atoms with Crippen LogP contribution in [0.4, 0.5) is 11.4 Å². The SMILES string of the molecule is CC1=CN=C(Nc2ccc(N3CCN(C)CC3)cc2)NC1(N)c1ccc2[nH]ncc2c1. The number of likely N-dealkylation sites (N-methyl/N-ethyl adjacent to an activating group) is 1. The molecule has 0 spiro atoms. The number of aromatic nitrogens is 2. The van der Waals surface area contributed by atoms with Gasteiger partial charge in [0.15, 0.2) is 0 Å². The molecule has 0 bridgehead atoms. The molecule has 31 heavy (non-hydrogen) atoms. The maximum absolute atomic E-state index is 6.82. The Bertz CT molecular complexity index is 1140. The van der Waals surface area contributed by atoms with Crippen molar-refractivity contribution in [1.29, 1.82) is 0 Å². The van der Waals surface area contributed by atoms with Gasteiger partial charge in [-0.3, -0.25) is 5.10 Å². The van der Waals surface area contributed by atoms with E-state index in [1.807, 2.05) is 25.3 Å². The van der Waals surface area contributed by atoms with E-state index in [1.165, 1.54) is 5.69 Å². The zero-order valence-electron chi connectivity index (χ0n) is 17.9. The fourth-order valence-electron chi connectivity index (χ4n) is 4.09. The summed E-state index contributed by atoms with van der Waals surface area (Å²) in [6.07, 6.45) is 3.62. The zero-order valence-corrected chi connectivity index (χ0v) is 17.9. The molecule has 1 aromatic heterocycles. The van der Waals surface area contributed by atoms with Crippen LogP contribution in [0.2, 0.25) is 0 Å². The van der Waals surface area contributed by atoms with Gasteiger partial charge in [0.25, 0.3) is 0 Å². The van der Waals surface area contributed by atoms with E-state index in [4.69, 9.17) is 5.73 Å². The lowest BCUT2D eigenvalue weighted by Gasteiger charge is -2.36. The van der Waals surface area contributed by atoms with Crippen molar-refractivity contribution in [3.63, 3.8) is 0 Å². The molecule has 5 N–H and O–H groups in total. The van der Waals surface area contributed by atoms with Gasteiger partial charge in [-0.1, -0.05) is 6.07 Å². The Morgan fingerprint density at radius 3 is 2.61 bits per heavy atom. The number of aromatic amines is 1. The van der Waals surface area contributed by atoms with E-state index in [-0.39, 0.29) is 0 Å². The average molecular weight is 417 g/mol. The Morgan fingerprint density at radius 2 is 1.84 bits per heavy atom. The molecule has 5 rings (SSSR count). The Hall–Kier alpha value is -3.36. The van der Waals surface area contributed by atoms with Crippen LogP contribution in [0.1, 0.15) is 12.5 Å². The maximum atomic E-state index is 6.82. The third-order valence-corrected chi connectivity index (χ3v) is 6.22. The molecular formula is C23H28N8. The number of H-pyrrole nitrogens is 1. The van der Waals surface area contributed by atoms with E-state index in [9.17, 15) is 0 Å². The highest BCUT2D eigenvalue weighted by Gasteiger charge is 2.33. The molecule has 2 aromatic carbocycles. The lowest BCUT2D eigenvalue weighted by atomic mass is 9.92. The molecule has 160 valence electrons. The first-order chi connectivity index (χ1) is 15.0. The van der Waals surface area contributed by atoms with Crippen LogP contribution in [0.25, 0.3) is 10.9 Å². The van der Waals surface area contributed by atoms with Gasteiger partial charge >= 0.3 is 0 Å². The van der Waals surface area contributed by atoms with Gasteiger partial charge in [-0.25, -0.2) is 4.99 Å². The summed E-state index contributed by atoms with van der Waals surface area (Å²) in [5, 5.41) is 14.9. The van der Waals surface area contributed by atoms with Gasteiger partial charge in [0.1, 0.15) is 5.66 Å². The summed E-state index contributed by atoms with van der Waals surface area (Å²) in [6.45, 7) is 6.28. The van der Waals surface area contributed by atoms with Gasteiger partial charge < -0.3 is 26.2 Å². The molecule has 1 saturated heterocycles. The maximum Gasteiger partial charge on any atom is 0.202 e. The van der Waals surface area contributed by atoms with Crippen LogP contribution < -0.4 is 21.3 Å². The number of nitrogens with zero attached hydrogens (tertiary/aromatic N) is 4. The highest BCUT2D eigenvalue weighted by atomic mass is 15.3. The molecule has 0 amide bonds. The number of aliphatic imine (C=N–C) groups is 1. The first-order valence-electron chi connectivity index (χ1n) is 10.6. The van der Waals surface area contributed by atoms with E-state index in [0.717, 1.165) is 53.9 Å². The molecule has 2 aliphatic heterocycles. The van der Waals surface area contributed by atoms with Gasteiger partial charge in [-0.05, 0) is 61.5 Å². The first kappa shape index (κ1) is 19.6. The molecule has 8 nitrogen and oxygen atoms in total. The predicted octanol–water partition coefficient (Wildman–Crippen LogP) is 2.40. The van der Waals surface area contributed by atoms with E-state index in [1.54, 1.807) is 6.20 Å². The number of fused-ring (bicyclic) bond motifs is 1. The fourth-order valence-corrected chi connectivity index (χ4v) is 4.09. The molecule has 0 saturated carbocycles. The third-order valence-electron chi connectivity index (χ3n) is 6.22. The Morgan fingerprint density at radius 1 is 1.06 bits per heavy atom. The first-order valence-corrected chi connectivity index (χ1v) is 10.6. The number of guanidine groups is 1. The average Bonchev–Trinajstić information content (AvgIpc) is 3.26. The summed E-state index contributed by atoms with van der Waals surface area (Å²) in [5.74, 6) is 0.618. The van der Waals surface area contributed by atoms with Gasteiger partial charge in [0.05, 0.1) is 11.7 Å². The molecule has 3 aromatic rings. The third kappa shape index (κ3) is 3.75. The van der Waals surface area contributed by atoms with Crippen molar-refractivity contribution in [2.45, 2.75) is 12.6 Å². The van der Waals surface area contributed by atoms with Crippen molar-refractivity contribution in [2.24, 2.45) is 10.7 Å². The van der Waals surface area contributed by atoms with Crippen molar-refractivity contribution in [2.75, 3.05) is 43.4 Å². The van der Waals surface area contributed by atoms with Crippen LogP contribution in [0.5, 0.6) is 0 Å². The molecular weight excluding hydrogens is 388 g/mol. The van der Waals surface area contributed by atoms with Crippen LogP contribution in [0.15, 0.2) is 65.4 Å². The van der Waals surface area contributed by atoms with Crippen molar-refractivity contribution < 1.29 is 0 Å². The van der Waals surface area contributed by atoms with Crippen LogP contribution in [0.3, 0.4) is 0 Å². The Balaban J connectivity index is 1.32. The second-order valence-electron chi connectivity index (χ2n) is 8.36. The Labute approximate surface area is 181 Å². The number of anilines is 2. The number of benzene rings is 2. The standard InChI is InChI=1S/C23H28N8/c1-16-14-25-22(28-23(16,24)18-3-8-21-17(13-18)15-26-29-21)27-19-4-6-20(7-5-19)31-11-9-30(2)10-12-31/h3-8,13-15H,9-12,24H2,1-2H3,(H,26,29)(H2,25,27,28). The summed E-state index contributed by atoms with van der Waals surface area (Å²) in [4.78, 5) is 9.30. The van der Waals surface area contributed by atoms with E-state index < -0.39 is 5.66 Å². The van der Waals surface area contributed by atoms with Crippen LogP contribution in [-0.2, 0) is 5.66 Å². The molecule has 0 radical (unpaired) electrons. The normalized spacial score (nSPS) is 22.1. The number of piperazine rings is 1. The molecule has 1 fully saturated rings. The molecule has 1 atom stereocenters. The highest BCUT2D eigenvalue weighted by Crippen LogP contribution is 2.29. The Kier molecular flexibility index (Phi) is 4.88. The predicted molar refractivity (Wildman–Crippen MR) is 126 cm³/mol. The lowest BCUT2D eigenvalue weighted by molar-refractivity contribution is 0.313. The van der Waals surface area contributed by atoms with Crippen LogP contribution in [-0.4, -0.2) is 54.3 Å². The monoisotopic (exact) mass is 416 g/mol. The van der Waals surface area contributed by atoms with E-state index >= 15 is 0 Å². The van der Waals surface area contributed by atoms with Crippen molar-refractivity contribution >= 4 is 28.2 Å². The topological polar surface area (TPSA) is 97.6 Å². The number of hydrogen-bond donors (Lipinski definition) is 4. The lowest BCUT2D eigenvalue weighted by Crippen LogP contribution is -2.57. The summed E-state index contributed by atoms with van der Waals surface area (Å²) < 4.78 is 0. The number of nitrogens with two attached hydrogens (primary N) is 1. The van der Waals surface area contributed by atoms with Gasteiger partial charge in [0, 0.05) is 49.1 Å². The second kappa shape index (κ2) is 7.72. The van der Waals surface area contributed by atoms with Crippen molar-refractivity contribution in [3.8, 4) is 0 Å². The van der Waals surface area contributed by atoms with Gasteiger partial charge in [-0.15, -0.1) is 0 Å². The smallest absolute Gasteiger partial charge is 0.202 e. The summed E-state index contributed by atoms with van der Waals surface area (Å²) in [7, 11) is 2.17. The minimum atomic E-state index is -0.852. The molecule has 0 aliphatic carbocycles. The molecule has 8 heteroatoms. The minimum Gasteiger partial charge on any atom is -0.369 e. The number of nitrogens with one attached hydrogen (secondary N) is 3.